The van der Waals surface area contributed by atoms with Crippen molar-refractivity contribution in [3.8, 4) is 5.75 Å². The number of halogens is 2. The van der Waals surface area contributed by atoms with Crippen molar-refractivity contribution in [1.82, 2.24) is 9.80 Å². The number of nitrogens with zero attached hydrogens (tertiary/aromatic N) is 2. The van der Waals surface area contributed by atoms with Crippen LogP contribution in [0.3, 0.4) is 0 Å². The van der Waals surface area contributed by atoms with Gasteiger partial charge in [-0.2, -0.15) is 0 Å². The minimum absolute atomic E-state index is 0.0197. The predicted octanol–water partition coefficient (Wildman–Crippen LogP) is 2.40. The fourth-order valence-corrected chi connectivity index (χ4v) is 7.22. The van der Waals surface area contributed by atoms with Gasteiger partial charge in [0, 0.05) is 19.5 Å². The summed E-state index contributed by atoms with van der Waals surface area (Å²) in [5.41, 5.74) is 1.25. The molecule has 0 aromatic heterocycles. The maximum Gasteiger partial charge on any atom is 0.253 e. The Labute approximate surface area is 194 Å². The molecule has 9 heteroatoms. The molecule has 3 fully saturated rings. The number of phenolic OH excluding ortho intramolecular Hbond substituents is 1. The van der Waals surface area contributed by atoms with Crippen molar-refractivity contribution in [3.05, 3.63) is 41.5 Å². The lowest BCUT2D eigenvalue weighted by Gasteiger charge is -2.50. The van der Waals surface area contributed by atoms with E-state index in [2.05, 4.69) is 0 Å². The van der Waals surface area contributed by atoms with E-state index in [0.717, 1.165) is 10.5 Å². The van der Waals surface area contributed by atoms with Crippen LogP contribution in [0.2, 0.25) is 0 Å². The van der Waals surface area contributed by atoms with Crippen LogP contribution < -0.4 is 0 Å². The summed E-state index contributed by atoms with van der Waals surface area (Å²) in [7, 11) is 1.35. The molecule has 2 saturated heterocycles. The first kappa shape index (κ1) is 21.5. The maximum atomic E-state index is 13.3. The summed E-state index contributed by atoms with van der Waals surface area (Å²) in [5.74, 6) is -4.29. The lowest BCUT2D eigenvalue weighted by molar-refractivity contribution is -0.141. The van der Waals surface area contributed by atoms with E-state index in [4.69, 9.17) is 23.2 Å². The second-order valence-corrected chi connectivity index (χ2v) is 10.3. The molecule has 1 saturated carbocycles. The van der Waals surface area contributed by atoms with E-state index in [1.165, 1.54) is 24.1 Å². The fourth-order valence-electron chi connectivity index (χ4n) is 6.20. The van der Waals surface area contributed by atoms with Crippen LogP contribution in [0.4, 0.5) is 0 Å². The van der Waals surface area contributed by atoms with Gasteiger partial charge >= 0.3 is 0 Å². The van der Waals surface area contributed by atoms with Gasteiger partial charge in [0.15, 0.2) is 9.75 Å². The summed E-state index contributed by atoms with van der Waals surface area (Å²) < 4.78 is 0. The standard InChI is InChI=1S/C23H22Cl2N2O5/c1-3-27-18(29)14-8-7-13-15(16(14)19(27)30)10-22(24)20(31)26(2)21(32)23(22,25)17(13)11-5-4-6-12(28)9-11/h4-7,9,14-17,28H,3,8,10H2,1-2H3/t14-,15+,16-,17-,22+,23-/m0/s1. The highest BCUT2D eigenvalue weighted by molar-refractivity contribution is 6.53. The van der Waals surface area contributed by atoms with Crippen LogP contribution in [0.5, 0.6) is 5.75 Å². The van der Waals surface area contributed by atoms with Crippen LogP contribution in [0.25, 0.3) is 0 Å². The Balaban J connectivity index is 1.74. The van der Waals surface area contributed by atoms with Crippen molar-refractivity contribution in [2.75, 3.05) is 13.6 Å². The number of carbonyl (C=O) groups excluding carboxylic acids is 4. The van der Waals surface area contributed by atoms with E-state index in [-0.39, 0.29) is 30.5 Å². The Morgan fingerprint density at radius 3 is 2.47 bits per heavy atom. The third kappa shape index (κ3) is 2.38. The molecule has 0 bridgehead atoms. The van der Waals surface area contributed by atoms with Gasteiger partial charge in [0.25, 0.3) is 11.8 Å². The SMILES string of the molecule is CCN1C(=O)[C@H]2[C@H](CC=C3[C@H]2C[C@@]2(Cl)C(=O)N(C)C(=O)[C@@]2(Cl)[C@H]3c2cccc(O)c2)C1=O. The summed E-state index contributed by atoms with van der Waals surface area (Å²) in [6.45, 7) is 2.02. The summed E-state index contributed by atoms with van der Waals surface area (Å²) in [4.78, 5) is 51.2. The molecule has 0 unspecified atom stereocenters. The van der Waals surface area contributed by atoms with Gasteiger partial charge < -0.3 is 5.11 Å². The highest BCUT2D eigenvalue weighted by atomic mass is 35.5. The zero-order valence-electron chi connectivity index (χ0n) is 17.5. The largest absolute Gasteiger partial charge is 0.508 e. The number of likely N-dealkylation sites (tertiary alicyclic amines) is 2. The third-order valence-corrected chi connectivity index (χ3v) is 9.04. The molecule has 5 rings (SSSR count). The maximum absolute atomic E-state index is 13.3. The first-order chi connectivity index (χ1) is 15.1. The van der Waals surface area contributed by atoms with Crippen molar-refractivity contribution in [2.24, 2.45) is 17.8 Å². The first-order valence-electron chi connectivity index (χ1n) is 10.6. The highest BCUT2D eigenvalue weighted by Gasteiger charge is 2.75. The van der Waals surface area contributed by atoms with Gasteiger partial charge in [-0.15, -0.1) is 23.2 Å². The minimum Gasteiger partial charge on any atom is -0.508 e. The van der Waals surface area contributed by atoms with Crippen molar-refractivity contribution < 1.29 is 24.3 Å². The van der Waals surface area contributed by atoms with Crippen molar-refractivity contribution in [1.29, 1.82) is 0 Å². The molecule has 1 N–H and O–H groups in total. The van der Waals surface area contributed by atoms with Crippen LogP contribution in [-0.2, 0) is 19.2 Å². The van der Waals surface area contributed by atoms with Crippen LogP contribution in [0.1, 0.15) is 31.2 Å². The van der Waals surface area contributed by atoms with E-state index in [1.807, 2.05) is 6.08 Å². The van der Waals surface area contributed by atoms with E-state index < -0.39 is 45.2 Å². The smallest absolute Gasteiger partial charge is 0.253 e. The molecule has 2 aliphatic carbocycles. The minimum atomic E-state index is -1.82. The Bertz CT molecular complexity index is 1120. The van der Waals surface area contributed by atoms with Crippen LogP contribution in [0.15, 0.2) is 35.9 Å². The number of hydrogen-bond donors (Lipinski definition) is 1. The van der Waals surface area contributed by atoms with Crippen molar-refractivity contribution in [3.63, 3.8) is 0 Å². The number of amides is 4. The van der Waals surface area contributed by atoms with Gasteiger partial charge in [-0.05, 0) is 43.4 Å². The lowest BCUT2D eigenvalue weighted by Crippen LogP contribution is -2.60. The molecule has 0 spiro atoms. The number of imide groups is 2. The van der Waals surface area contributed by atoms with Crippen LogP contribution in [0, 0.1) is 17.8 Å². The van der Waals surface area contributed by atoms with E-state index in [9.17, 15) is 24.3 Å². The van der Waals surface area contributed by atoms with Gasteiger partial charge in [0.2, 0.25) is 11.8 Å². The summed E-state index contributed by atoms with van der Waals surface area (Å²) in [6, 6.07) is 6.34. The molecule has 0 radical (unpaired) electrons. The Morgan fingerprint density at radius 1 is 1.09 bits per heavy atom. The highest BCUT2D eigenvalue weighted by Crippen LogP contribution is 2.65. The van der Waals surface area contributed by atoms with E-state index in [0.29, 0.717) is 12.0 Å². The number of benzene rings is 1. The van der Waals surface area contributed by atoms with Crippen molar-refractivity contribution in [2.45, 2.75) is 35.4 Å². The molecular formula is C23H22Cl2N2O5. The number of aromatic hydroxyl groups is 1. The number of hydrogen-bond acceptors (Lipinski definition) is 5. The second kappa shape index (κ2) is 6.81. The lowest BCUT2D eigenvalue weighted by atomic mass is 9.56. The monoisotopic (exact) mass is 476 g/mol. The number of carbonyl (C=O) groups is 4. The summed E-state index contributed by atoms with van der Waals surface area (Å²) in [6.07, 6.45) is 2.19. The van der Waals surface area contributed by atoms with Gasteiger partial charge in [-0.3, -0.25) is 29.0 Å². The number of fused-ring (bicyclic) bond motifs is 4. The molecule has 4 amide bonds. The molecule has 4 aliphatic rings. The molecule has 6 atom stereocenters. The van der Waals surface area contributed by atoms with Crippen molar-refractivity contribution >= 4 is 46.8 Å². The fraction of sp³-hybridized carbons (Fsp3) is 0.478. The average molecular weight is 477 g/mol. The summed E-state index contributed by atoms with van der Waals surface area (Å²) >= 11 is 14.0. The van der Waals surface area contributed by atoms with Gasteiger partial charge in [0.05, 0.1) is 11.8 Å². The van der Waals surface area contributed by atoms with Crippen LogP contribution >= 0.6 is 23.2 Å². The normalized spacial score (nSPS) is 38.6. The molecule has 1 aromatic rings. The first-order valence-corrected chi connectivity index (χ1v) is 11.4. The van der Waals surface area contributed by atoms with Gasteiger partial charge in [0.1, 0.15) is 5.75 Å². The van der Waals surface area contributed by atoms with Gasteiger partial charge in [-0.1, -0.05) is 23.8 Å². The van der Waals surface area contributed by atoms with Gasteiger partial charge in [-0.25, -0.2) is 0 Å². The van der Waals surface area contributed by atoms with Crippen LogP contribution in [-0.4, -0.2) is 61.9 Å². The molecule has 7 nitrogen and oxygen atoms in total. The number of allylic oxidation sites excluding steroid dienone is 2. The number of alkyl halides is 2. The number of phenols is 1. The third-order valence-electron chi connectivity index (χ3n) is 7.63. The average Bonchev–Trinajstić information content (AvgIpc) is 3.08. The second-order valence-electron chi connectivity index (χ2n) is 9.01. The predicted molar refractivity (Wildman–Crippen MR) is 116 cm³/mol. The zero-order chi connectivity index (χ0) is 23.2. The molecule has 2 heterocycles. The molecule has 2 aliphatic heterocycles. The topological polar surface area (TPSA) is 95.0 Å². The Hall–Kier alpha value is -2.38. The molecule has 168 valence electrons. The quantitative estimate of drug-likeness (QED) is 0.401. The molecule has 32 heavy (non-hydrogen) atoms. The van der Waals surface area contributed by atoms with E-state index >= 15 is 0 Å². The molecular weight excluding hydrogens is 455 g/mol. The van der Waals surface area contributed by atoms with E-state index in [1.54, 1.807) is 19.1 Å². The molecule has 1 aromatic carbocycles. The summed E-state index contributed by atoms with van der Waals surface area (Å²) in [5, 5.41) is 10.1. The number of rotatable bonds is 2. The zero-order valence-corrected chi connectivity index (χ0v) is 19.1. The Morgan fingerprint density at radius 2 is 1.81 bits per heavy atom. The Kier molecular flexibility index (Phi) is 4.57.